The van der Waals surface area contributed by atoms with Gasteiger partial charge >= 0.3 is 0 Å². The first-order valence-corrected chi connectivity index (χ1v) is 6.42. The standard InChI is InChI=1S/C14H17N5O/c1-2-3-10-4-6-11(7-5-10)18-14(20)12-8-17-13(19-15)9-16-12/h4-9H,2-3,15H2,1H3,(H,17,19)(H,18,20). The molecule has 0 aliphatic heterocycles. The van der Waals surface area contributed by atoms with Crippen molar-refractivity contribution in [3.05, 3.63) is 47.9 Å². The highest BCUT2D eigenvalue weighted by molar-refractivity contribution is 6.02. The number of hydrazine groups is 1. The number of amides is 1. The van der Waals surface area contributed by atoms with Crippen LogP contribution in [0.1, 0.15) is 29.4 Å². The molecule has 6 heteroatoms. The van der Waals surface area contributed by atoms with Crippen molar-refractivity contribution in [2.24, 2.45) is 5.84 Å². The quantitative estimate of drug-likeness (QED) is 0.571. The molecule has 0 spiro atoms. The van der Waals surface area contributed by atoms with Gasteiger partial charge in [0.1, 0.15) is 5.69 Å². The number of anilines is 2. The maximum Gasteiger partial charge on any atom is 0.275 e. The molecule has 0 atom stereocenters. The molecule has 1 heterocycles. The van der Waals surface area contributed by atoms with Crippen molar-refractivity contribution in [3.8, 4) is 0 Å². The molecule has 104 valence electrons. The van der Waals surface area contributed by atoms with Crippen LogP contribution in [0, 0.1) is 0 Å². The van der Waals surface area contributed by atoms with Crippen molar-refractivity contribution in [1.82, 2.24) is 9.97 Å². The Bertz CT molecular complexity index is 565. The minimum absolute atomic E-state index is 0.238. The molecule has 20 heavy (non-hydrogen) atoms. The van der Waals surface area contributed by atoms with E-state index in [9.17, 15) is 4.79 Å². The highest BCUT2D eigenvalue weighted by Crippen LogP contribution is 2.12. The maximum absolute atomic E-state index is 12.0. The average Bonchev–Trinajstić information content (AvgIpc) is 2.49. The highest BCUT2D eigenvalue weighted by Gasteiger charge is 2.08. The second-order valence-electron chi connectivity index (χ2n) is 4.33. The molecule has 0 bridgehead atoms. The topological polar surface area (TPSA) is 92.9 Å². The molecule has 2 rings (SSSR count). The minimum atomic E-state index is -0.302. The molecule has 0 saturated carbocycles. The lowest BCUT2D eigenvalue weighted by molar-refractivity contribution is 0.102. The number of carbonyl (C=O) groups excluding carboxylic acids is 1. The number of nitrogen functional groups attached to an aromatic ring is 1. The fourth-order valence-electron chi connectivity index (χ4n) is 1.76. The first-order chi connectivity index (χ1) is 9.72. The predicted molar refractivity (Wildman–Crippen MR) is 78.2 cm³/mol. The number of hydrogen-bond donors (Lipinski definition) is 3. The van der Waals surface area contributed by atoms with E-state index in [4.69, 9.17) is 5.84 Å². The molecule has 0 fully saturated rings. The van der Waals surface area contributed by atoms with E-state index in [1.54, 1.807) is 0 Å². The van der Waals surface area contributed by atoms with Crippen LogP contribution in [-0.2, 0) is 6.42 Å². The molecule has 0 saturated heterocycles. The van der Waals surface area contributed by atoms with Crippen molar-refractivity contribution >= 4 is 17.4 Å². The Morgan fingerprint density at radius 2 is 1.95 bits per heavy atom. The van der Waals surface area contributed by atoms with Crippen LogP contribution < -0.4 is 16.6 Å². The van der Waals surface area contributed by atoms with Crippen LogP contribution in [0.25, 0.3) is 0 Å². The number of rotatable bonds is 5. The van der Waals surface area contributed by atoms with E-state index >= 15 is 0 Å². The number of nitrogens with one attached hydrogen (secondary N) is 2. The summed E-state index contributed by atoms with van der Waals surface area (Å²) in [5, 5.41) is 2.77. The lowest BCUT2D eigenvalue weighted by Gasteiger charge is -2.06. The summed E-state index contributed by atoms with van der Waals surface area (Å²) in [5.74, 6) is 5.29. The maximum atomic E-state index is 12.0. The van der Waals surface area contributed by atoms with E-state index in [2.05, 4.69) is 27.6 Å². The number of hydrogen-bond acceptors (Lipinski definition) is 5. The zero-order valence-electron chi connectivity index (χ0n) is 11.3. The largest absolute Gasteiger partial charge is 0.321 e. The number of benzene rings is 1. The van der Waals surface area contributed by atoms with Crippen LogP contribution >= 0.6 is 0 Å². The zero-order chi connectivity index (χ0) is 14.4. The lowest BCUT2D eigenvalue weighted by atomic mass is 10.1. The van der Waals surface area contributed by atoms with Gasteiger partial charge in [-0.2, -0.15) is 0 Å². The SMILES string of the molecule is CCCc1ccc(NC(=O)c2cnc(NN)cn2)cc1. The fourth-order valence-corrected chi connectivity index (χ4v) is 1.76. The third-order valence-corrected chi connectivity index (χ3v) is 2.78. The molecule has 0 aliphatic carbocycles. The minimum Gasteiger partial charge on any atom is -0.321 e. The molecule has 2 aromatic rings. The summed E-state index contributed by atoms with van der Waals surface area (Å²) in [7, 11) is 0. The van der Waals surface area contributed by atoms with E-state index in [0.29, 0.717) is 5.82 Å². The van der Waals surface area contributed by atoms with Gasteiger partial charge in [0.25, 0.3) is 5.91 Å². The molecule has 1 amide bonds. The lowest BCUT2D eigenvalue weighted by Crippen LogP contribution is -2.15. The van der Waals surface area contributed by atoms with Gasteiger partial charge in [-0.3, -0.25) is 4.79 Å². The van der Waals surface area contributed by atoms with Crippen LogP contribution in [0.15, 0.2) is 36.7 Å². The third-order valence-electron chi connectivity index (χ3n) is 2.78. The Kier molecular flexibility index (Phi) is 4.62. The predicted octanol–water partition coefficient (Wildman–Crippen LogP) is 1.97. The van der Waals surface area contributed by atoms with E-state index in [-0.39, 0.29) is 11.6 Å². The summed E-state index contributed by atoms with van der Waals surface area (Å²) >= 11 is 0. The fraction of sp³-hybridized carbons (Fsp3) is 0.214. The van der Waals surface area contributed by atoms with Crippen molar-refractivity contribution in [1.29, 1.82) is 0 Å². The van der Waals surface area contributed by atoms with Gasteiger partial charge in [0, 0.05) is 5.69 Å². The number of carbonyl (C=O) groups is 1. The normalized spacial score (nSPS) is 10.1. The summed E-state index contributed by atoms with van der Waals surface area (Å²) in [5.41, 5.74) is 4.58. The van der Waals surface area contributed by atoms with Gasteiger partial charge in [0.15, 0.2) is 5.82 Å². The van der Waals surface area contributed by atoms with E-state index in [1.807, 2.05) is 24.3 Å². The summed E-state index contributed by atoms with van der Waals surface area (Å²) in [6, 6.07) is 7.77. The first-order valence-electron chi connectivity index (χ1n) is 6.42. The van der Waals surface area contributed by atoms with Crippen LogP contribution in [0.3, 0.4) is 0 Å². The third kappa shape index (κ3) is 3.52. The zero-order valence-corrected chi connectivity index (χ0v) is 11.3. The van der Waals surface area contributed by atoms with Gasteiger partial charge < -0.3 is 10.7 Å². The monoisotopic (exact) mass is 271 g/mol. The Hall–Kier alpha value is -2.47. The second kappa shape index (κ2) is 6.63. The number of nitrogens with zero attached hydrogens (tertiary/aromatic N) is 2. The van der Waals surface area contributed by atoms with Crippen molar-refractivity contribution in [2.75, 3.05) is 10.7 Å². The second-order valence-corrected chi connectivity index (χ2v) is 4.33. The summed E-state index contributed by atoms with van der Waals surface area (Å²) in [6.45, 7) is 2.13. The van der Waals surface area contributed by atoms with Gasteiger partial charge in [-0.05, 0) is 24.1 Å². The Labute approximate surface area is 117 Å². The first kappa shape index (κ1) is 14.0. The molecule has 1 aromatic carbocycles. The summed E-state index contributed by atoms with van der Waals surface area (Å²) < 4.78 is 0. The molecule has 0 aliphatic rings. The smallest absolute Gasteiger partial charge is 0.275 e. The van der Waals surface area contributed by atoms with Crippen LogP contribution in [-0.4, -0.2) is 15.9 Å². The van der Waals surface area contributed by atoms with Crippen LogP contribution in [0.4, 0.5) is 11.5 Å². The van der Waals surface area contributed by atoms with Crippen molar-refractivity contribution < 1.29 is 4.79 Å². The van der Waals surface area contributed by atoms with Crippen LogP contribution in [0.2, 0.25) is 0 Å². The van der Waals surface area contributed by atoms with Gasteiger partial charge in [-0.15, -0.1) is 0 Å². The molecular formula is C14H17N5O. The van der Waals surface area contributed by atoms with E-state index < -0.39 is 0 Å². The molecule has 6 nitrogen and oxygen atoms in total. The number of nitrogens with two attached hydrogens (primary N) is 1. The Balaban J connectivity index is 2.02. The van der Waals surface area contributed by atoms with Crippen molar-refractivity contribution in [2.45, 2.75) is 19.8 Å². The van der Waals surface area contributed by atoms with Gasteiger partial charge in [-0.1, -0.05) is 25.5 Å². The Morgan fingerprint density at radius 3 is 2.50 bits per heavy atom. The summed E-state index contributed by atoms with van der Waals surface area (Å²) in [4.78, 5) is 19.9. The number of aromatic nitrogens is 2. The summed E-state index contributed by atoms with van der Waals surface area (Å²) in [6.07, 6.45) is 4.91. The molecule has 0 radical (unpaired) electrons. The van der Waals surface area contributed by atoms with Crippen molar-refractivity contribution in [3.63, 3.8) is 0 Å². The molecule has 1 aromatic heterocycles. The number of aryl methyl sites for hydroxylation is 1. The Morgan fingerprint density at radius 1 is 1.20 bits per heavy atom. The molecule has 4 N–H and O–H groups in total. The average molecular weight is 271 g/mol. The van der Waals surface area contributed by atoms with E-state index in [1.165, 1.54) is 18.0 Å². The van der Waals surface area contributed by atoms with Gasteiger partial charge in [0.05, 0.1) is 12.4 Å². The van der Waals surface area contributed by atoms with Crippen LogP contribution in [0.5, 0.6) is 0 Å². The highest BCUT2D eigenvalue weighted by atomic mass is 16.1. The van der Waals surface area contributed by atoms with Gasteiger partial charge in [0.2, 0.25) is 0 Å². The molecule has 0 unspecified atom stereocenters. The van der Waals surface area contributed by atoms with E-state index in [0.717, 1.165) is 18.5 Å². The molecular weight excluding hydrogens is 254 g/mol. The van der Waals surface area contributed by atoms with Gasteiger partial charge in [-0.25, -0.2) is 15.8 Å².